The monoisotopic (exact) mass is 515 g/mol. The first-order valence-corrected chi connectivity index (χ1v) is 13.3. The fourth-order valence-electron chi connectivity index (χ4n) is 4.44. The minimum atomic E-state index is -3.89. The van der Waals surface area contributed by atoms with Gasteiger partial charge in [0.25, 0.3) is 21.8 Å². The third kappa shape index (κ3) is 5.01. The molecule has 2 amide bonds. The number of fused-ring (bicyclic) bond motifs is 1. The number of pyridine rings is 2. The Hall–Kier alpha value is -4.31. The van der Waals surface area contributed by atoms with Crippen molar-refractivity contribution in [2.24, 2.45) is 0 Å². The lowest BCUT2D eigenvalue weighted by molar-refractivity contribution is 0.0411. The Morgan fingerprint density at radius 3 is 2.35 bits per heavy atom. The number of piperazine rings is 1. The molecule has 37 heavy (non-hydrogen) atoms. The second-order valence-corrected chi connectivity index (χ2v) is 10.5. The zero-order chi connectivity index (χ0) is 26.0. The molecule has 0 spiro atoms. The van der Waals surface area contributed by atoms with Gasteiger partial charge in [-0.05, 0) is 55.5 Å². The van der Waals surface area contributed by atoms with Gasteiger partial charge in [0.15, 0.2) is 0 Å². The summed E-state index contributed by atoms with van der Waals surface area (Å²) in [5, 5.41) is 0.724. The first-order valence-electron chi connectivity index (χ1n) is 11.8. The van der Waals surface area contributed by atoms with Crippen LogP contribution in [0.2, 0.25) is 0 Å². The van der Waals surface area contributed by atoms with Gasteiger partial charge >= 0.3 is 0 Å². The summed E-state index contributed by atoms with van der Waals surface area (Å²) in [6, 6.07) is 19.9. The first kappa shape index (κ1) is 24.4. The molecule has 1 fully saturated rings. The average molecular weight is 516 g/mol. The van der Waals surface area contributed by atoms with E-state index in [1.54, 1.807) is 88.9 Å². The van der Waals surface area contributed by atoms with Crippen LogP contribution in [0.5, 0.6) is 0 Å². The van der Waals surface area contributed by atoms with Crippen molar-refractivity contribution in [2.45, 2.75) is 17.9 Å². The molecule has 1 aliphatic heterocycles. The molecule has 188 valence electrons. The molecule has 3 heterocycles. The summed E-state index contributed by atoms with van der Waals surface area (Å²) in [7, 11) is -3.89. The number of rotatable bonds is 5. The van der Waals surface area contributed by atoms with Crippen LogP contribution in [0.3, 0.4) is 0 Å². The predicted molar refractivity (Wildman–Crippen MR) is 140 cm³/mol. The maximum atomic E-state index is 13.2. The van der Waals surface area contributed by atoms with Gasteiger partial charge in [-0.25, -0.2) is 8.42 Å². The molecular weight excluding hydrogens is 490 g/mol. The van der Waals surface area contributed by atoms with Crippen molar-refractivity contribution in [3.05, 3.63) is 96.4 Å². The summed E-state index contributed by atoms with van der Waals surface area (Å²) in [6.45, 7) is 3.10. The van der Waals surface area contributed by atoms with E-state index in [1.807, 2.05) is 6.92 Å². The van der Waals surface area contributed by atoms with Gasteiger partial charge in [-0.3, -0.25) is 24.3 Å². The normalized spacial score (nSPS) is 16.0. The highest BCUT2D eigenvalue weighted by Crippen LogP contribution is 2.24. The van der Waals surface area contributed by atoms with Gasteiger partial charge < -0.3 is 9.80 Å². The highest BCUT2D eigenvalue weighted by molar-refractivity contribution is 7.93. The zero-order valence-electron chi connectivity index (χ0n) is 20.1. The largest absolute Gasteiger partial charge is 0.333 e. The maximum Gasteiger partial charge on any atom is 0.272 e. The van der Waals surface area contributed by atoms with Gasteiger partial charge in [-0.1, -0.05) is 24.3 Å². The number of carbonyl (C=O) groups excluding carboxylic acids is 2. The Balaban J connectivity index is 1.26. The summed E-state index contributed by atoms with van der Waals surface area (Å²) >= 11 is 0. The highest BCUT2D eigenvalue weighted by Gasteiger charge is 2.31. The highest BCUT2D eigenvalue weighted by atomic mass is 32.2. The Labute approximate surface area is 214 Å². The van der Waals surface area contributed by atoms with Crippen molar-refractivity contribution in [1.29, 1.82) is 0 Å². The molecule has 0 radical (unpaired) electrons. The number of para-hydroxylation sites is 1. The quantitative estimate of drug-likeness (QED) is 0.436. The molecule has 10 heteroatoms. The number of sulfonamides is 1. The number of hydrogen-bond donors (Lipinski definition) is 1. The summed E-state index contributed by atoms with van der Waals surface area (Å²) in [4.78, 5) is 37.8. The lowest BCUT2D eigenvalue weighted by atomic mass is 10.1. The molecule has 5 rings (SSSR count). The molecular formula is C27H25N5O4S. The van der Waals surface area contributed by atoms with Crippen LogP contribution in [0.15, 0.2) is 90.1 Å². The fourth-order valence-corrected chi connectivity index (χ4v) is 5.68. The second-order valence-electron chi connectivity index (χ2n) is 8.83. The number of anilines is 1. The zero-order valence-corrected chi connectivity index (χ0v) is 20.9. The third-order valence-electron chi connectivity index (χ3n) is 6.33. The number of amides is 2. The van der Waals surface area contributed by atoms with Crippen LogP contribution in [0.1, 0.15) is 27.8 Å². The molecule has 0 aliphatic carbocycles. The van der Waals surface area contributed by atoms with Crippen LogP contribution in [-0.2, 0) is 10.0 Å². The number of hydrogen-bond acceptors (Lipinski definition) is 6. The minimum absolute atomic E-state index is 0.0812. The van der Waals surface area contributed by atoms with Gasteiger partial charge in [0.1, 0.15) is 10.6 Å². The van der Waals surface area contributed by atoms with E-state index >= 15 is 0 Å². The minimum Gasteiger partial charge on any atom is -0.333 e. The topological polar surface area (TPSA) is 113 Å². The van der Waals surface area contributed by atoms with E-state index in [2.05, 4.69) is 14.7 Å². The first-order chi connectivity index (χ1) is 17.8. The number of carbonyl (C=O) groups is 2. The summed E-state index contributed by atoms with van der Waals surface area (Å²) < 4.78 is 28.7. The molecule has 1 N–H and O–H groups in total. The van der Waals surface area contributed by atoms with Gasteiger partial charge in [0, 0.05) is 54.7 Å². The second kappa shape index (κ2) is 9.98. The van der Waals surface area contributed by atoms with Crippen molar-refractivity contribution < 1.29 is 18.0 Å². The number of nitrogens with one attached hydrogen (secondary N) is 1. The van der Waals surface area contributed by atoms with E-state index in [0.29, 0.717) is 42.1 Å². The SMILES string of the molecule is C[C@@H]1CN(C(=O)c2ccccn2)CCN1C(=O)c1ccc(NS(=O)(=O)c2cccc3cccnc23)cc1. The van der Waals surface area contributed by atoms with E-state index in [4.69, 9.17) is 0 Å². The molecule has 0 unspecified atom stereocenters. The van der Waals surface area contributed by atoms with E-state index in [-0.39, 0.29) is 22.8 Å². The fraction of sp³-hybridized carbons (Fsp3) is 0.185. The lowest BCUT2D eigenvalue weighted by Crippen LogP contribution is -2.55. The Morgan fingerprint density at radius 1 is 0.865 bits per heavy atom. The Bertz CT molecular complexity index is 1550. The molecule has 1 atom stereocenters. The summed E-state index contributed by atoms with van der Waals surface area (Å²) in [5.74, 6) is -0.331. The van der Waals surface area contributed by atoms with E-state index < -0.39 is 10.0 Å². The smallest absolute Gasteiger partial charge is 0.272 e. The third-order valence-corrected chi connectivity index (χ3v) is 7.74. The molecule has 9 nitrogen and oxygen atoms in total. The number of benzene rings is 2. The Morgan fingerprint density at radius 2 is 1.62 bits per heavy atom. The van der Waals surface area contributed by atoms with E-state index in [1.165, 1.54) is 6.07 Å². The summed E-state index contributed by atoms with van der Waals surface area (Å²) in [6.07, 6.45) is 3.14. The van der Waals surface area contributed by atoms with Crippen molar-refractivity contribution >= 4 is 38.4 Å². The van der Waals surface area contributed by atoms with E-state index in [9.17, 15) is 18.0 Å². The van der Waals surface area contributed by atoms with Crippen LogP contribution in [-0.4, -0.2) is 65.7 Å². The van der Waals surface area contributed by atoms with Crippen molar-refractivity contribution in [3.63, 3.8) is 0 Å². The predicted octanol–water partition coefficient (Wildman–Crippen LogP) is 3.42. The van der Waals surface area contributed by atoms with Crippen molar-refractivity contribution in [3.8, 4) is 0 Å². The molecule has 2 aromatic heterocycles. The molecule has 0 bridgehead atoms. The number of nitrogens with zero attached hydrogens (tertiary/aromatic N) is 4. The van der Waals surface area contributed by atoms with Crippen LogP contribution in [0.25, 0.3) is 10.9 Å². The molecule has 1 aliphatic rings. The lowest BCUT2D eigenvalue weighted by Gasteiger charge is -2.39. The molecule has 1 saturated heterocycles. The van der Waals surface area contributed by atoms with Crippen LogP contribution >= 0.6 is 0 Å². The van der Waals surface area contributed by atoms with E-state index in [0.717, 1.165) is 5.39 Å². The van der Waals surface area contributed by atoms with Crippen LogP contribution in [0.4, 0.5) is 5.69 Å². The molecule has 2 aromatic carbocycles. The van der Waals surface area contributed by atoms with Gasteiger partial charge in [0.2, 0.25) is 0 Å². The van der Waals surface area contributed by atoms with Crippen LogP contribution < -0.4 is 4.72 Å². The average Bonchev–Trinajstić information content (AvgIpc) is 2.92. The van der Waals surface area contributed by atoms with Gasteiger partial charge in [-0.2, -0.15) is 0 Å². The molecule has 4 aromatic rings. The van der Waals surface area contributed by atoms with Crippen LogP contribution in [0, 0.1) is 0 Å². The molecule has 0 saturated carbocycles. The number of aromatic nitrogens is 2. The van der Waals surface area contributed by atoms with Gasteiger partial charge in [0.05, 0.1) is 5.52 Å². The Kier molecular flexibility index (Phi) is 6.58. The maximum absolute atomic E-state index is 13.2. The summed E-state index contributed by atoms with van der Waals surface area (Å²) in [5.41, 5.74) is 1.54. The van der Waals surface area contributed by atoms with Crippen molar-refractivity contribution in [1.82, 2.24) is 19.8 Å². The standard InChI is InChI=1S/C27H25N5O4S/c1-19-18-31(27(34)23-8-2-3-14-28-23)16-17-32(19)26(33)21-10-12-22(13-11-21)30-37(35,36)24-9-4-6-20-7-5-15-29-25(20)24/h2-15,19,30H,16-18H2,1H3/t19-/m1/s1. The van der Waals surface area contributed by atoms with Gasteiger partial charge in [-0.15, -0.1) is 0 Å². The van der Waals surface area contributed by atoms with Crippen molar-refractivity contribution in [2.75, 3.05) is 24.4 Å².